The smallest absolute Gasteiger partial charge is 0.282 e. The van der Waals surface area contributed by atoms with Crippen molar-refractivity contribution in [2.45, 2.75) is 19.8 Å². The van der Waals surface area contributed by atoms with Gasteiger partial charge in [0.2, 0.25) is 0 Å². The SMILES string of the molecule is CCCCOc1ccc(/C=N\N2C(=O)c3cccc4c([N+](=O)[O-])ccc(c34)C2=O)cc1. The minimum absolute atomic E-state index is 0.153. The molecular formula is C23H19N3O5. The van der Waals surface area contributed by atoms with E-state index < -0.39 is 16.7 Å². The summed E-state index contributed by atoms with van der Waals surface area (Å²) in [4.78, 5) is 36.6. The predicted octanol–water partition coefficient (Wildman–Crippen LogP) is 4.56. The molecule has 0 saturated carbocycles. The number of hydrogen-bond acceptors (Lipinski definition) is 6. The van der Waals surface area contributed by atoms with Gasteiger partial charge in [0.25, 0.3) is 17.5 Å². The number of nitro groups is 1. The lowest BCUT2D eigenvalue weighted by molar-refractivity contribution is -0.383. The number of nitro benzene ring substituents is 1. The molecule has 1 aliphatic rings. The average molecular weight is 417 g/mol. The minimum Gasteiger partial charge on any atom is -0.494 e. The fourth-order valence-corrected chi connectivity index (χ4v) is 3.44. The Morgan fingerprint density at radius 3 is 2.42 bits per heavy atom. The van der Waals surface area contributed by atoms with Crippen molar-refractivity contribution in [1.29, 1.82) is 0 Å². The van der Waals surface area contributed by atoms with Crippen molar-refractivity contribution in [2.75, 3.05) is 6.61 Å². The number of carbonyl (C=O) groups is 2. The molecule has 0 N–H and O–H groups in total. The summed E-state index contributed by atoms with van der Waals surface area (Å²) in [6.07, 6.45) is 3.44. The number of nitrogens with zero attached hydrogens (tertiary/aromatic N) is 3. The summed E-state index contributed by atoms with van der Waals surface area (Å²) in [5.41, 5.74) is 0.941. The van der Waals surface area contributed by atoms with E-state index in [1.807, 2.05) is 0 Å². The lowest BCUT2D eigenvalue weighted by Crippen LogP contribution is -2.36. The van der Waals surface area contributed by atoms with Gasteiger partial charge in [0, 0.05) is 11.5 Å². The van der Waals surface area contributed by atoms with Crippen molar-refractivity contribution in [3.05, 3.63) is 81.4 Å². The summed E-state index contributed by atoms with van der Waals surface area (Å²) in [5.74, 6) is -0.517. The fourth-order valence-electron chi connectivity index (χ4n) is 3.44. The Balaban J connectivity index is 1.62. The number of ether oxygens (including phenoxy) is 1. The van der Waals surface area contributed by atoms with E-state index in [4.69, 9.17) is 4.74 Å². The minimum atomic E-state index is -0.626. The van der Waals surface area contributed by atoms with Crippen LogP contribution in [0.2, 0.25) is 0 Å². The summed E-state index contributed by atoms with van der Waals surface area (Å²) >= 11 is 0. The van der Waals surface area contributed by atoms with Gasteiger partial charge in [-0.25, -0.2) is 0 Å². The molecule has 0 aliphatic carbocycles. The van der Waals surface area contributed by atoms with E-state index in [0.717, 1.165) is 23.6 Å². The molecule has 156 valence electrons. The number of hydrogen-bond donors (Lipinski definition) is 0. The second kappa shape index (κ2) is 8.35. The molecule has 1 heterocycles. The zero-order chi connectivity index (χ0) is 22.0. The Kier molecular flexibility index (Phi) is 5.44. The lowest BCUT2D eigenvalue weighted by atomic mass is 9.94. The molecular weight excluding hydrogens is 398 g/mol. The number of unbranched alkanes of at least 4 members (excludes halogenated alkanes) is 1. The fraction of sp³-hybridized carbons (Fsp3) is 0.174. The molecule has 31 heavy (non-hydrogen) atoms. The van der Waals surface area contributed by atoms with Crippen LogP contribution in [-0.2, 0) is 0 Å². The molecule has 0 aromatic heterocycles. The van der Waals surface area contributed by atoms with E-state index in [0.29, 0.717) is 12.2 Å². The van der Waals surface area contributed by atoms with Crippen LogP contribution < -0.4 is 4.74 Å². The topological polar surface area (TPSA) is 102 Å². The average Bonchev–Trinajstić information content (AvgIpc) is 2.78. The van der Waals surface area contributed by atoms with Gasteiger partial charge in [-0.15, -0.1) is 0 Å². The normalized spacial score (nSPS) is 13.3. The van der Waals surface area contributed by atoms with Crippen LogP contribution in [0.15, 0.2) is 59.7 Å². The van der Waals surface area contributed by atoms with Crippen LogP contribution in [0.4, 0.5) is 5.69 Å². The van der Waals surface area contributed by atoms with Crippen LogP contribution in [0.5, 0.6) is 5.75 Å². The number of rotatable bonds is 7. The van der Waals surface area contributed by atoms with Crippen LogP contribution >= 0.6 is 0 Å². The number of hydrazone groups is 1. The van der Waals surface area contributed by atoms with Gasteiger partial charge >= 0.3 is 0 Å². The molecule has 1 aliphatic heterocycles. The van der Waals surface area contributed by atoms with Crippen LogP contribution in [0.1, 0.15) is 46.0 Å². The van der Waals surface area contributed by atoms with Gasteiger partial charge in [0.15, 0.2) is 0 Å². The van der Waals surface area contributed by atoms with Crippen LogP contribution in [0, 0.1) is 10.1 Å². The van der Waals surface area contributed by atoms with Crippen LogP contribution in [-0.4, -0.2) is 34.6 Å². The third-order valence-electron chi connectivity index (χ3n) is 5.03. The molecule has 0 atom stereocenters. The van der Waals surface area contributed by atoms with E-state index in [-0.39, 0.29) is 27.6 Å². The van der Waals surface area contributed by atoms with E-state index in [1.165, 1.54) is 30.5 Å². The number of amides is 2. The third kappa shape index (κ3) is 3.75. The van der Waals surface area contributed by atoms with Crippen LogP contribution in [0.3, 0.4) is 0 Å². The quantitative estimate of drug-likeness (QED) is 0.184. The van der Waals surface area contributed by atoms with Crippen LogP contribution in [0.25, 0.3) is 10.8 Å². The molecule has 0 unspecified atom stereocenters. The van der Waals surface area contributed by atoms with Gasteiger partial charge in [-0.1, -0.05) is 19.4 Å². The highest BCUT2D eigenvalue weighted by Gasteiger charge is 2.34. The van der Waals surface area contributed by atoms with Gasteiger partial charge in [0.05, 0.1) is 34.3 Å². The predicted molar refractivity (Wildman–Crippen MR) is 116 cm³/mol. The summed E-state index contributed by atoms with van der Waals surface area (Å²) in [5, 5.41) is 16.7. The zero-order valence-corrected chi connectivity index (χ0v) is 16.8. The number of carbonyl (C=O) groups excluding carboxylic acids is 2. The molecule has 3 aromatic carbocycles. The molecule has 0 fully saturated rings. The molecule has 4 rings (SSSR count). The van der Waals surface area contributed by atoms with Crippen molar-refractivity contribution in [3.63, 3.8) is 0 Å². The Morgan fingerprint density at radius 1 is 1.03 bits per heavy atom. The first-order chi connectivity index (χ1) is 15.0. The van der Waals surface area contributed by atoms with Crippen molar-refractivity contribution in [1.82, 2.24) is 5.01 Å². The molecule has 3 aromatic rings. The highest BCUT2D eigenvalue weighted by atomic mass is 16.6. The molecule has 0 radical (unpaired) electrons. The van der Waals surface area contributed by atoms with Crippen molar-refractivity contribution in [2.24, 2.45) is 5.10 Å². The van der Waals surface area contributed by atoms with Gasteiger partial charge in [-0.3, -0.25) is 19.7 Å². The largest absolute Gasteiger partial charge is 0.494 e. The molecule has 8 nitrogen and oxygen atoms in total. The maximum atomic E-state index is 12.9. The van der Waals surface area contributed by atoms with E-state index in [2.05, 4.69) is 12.0 Å². The first kappa shape index (κ1) is 20.2. The highest BCUT2D eigenvalue weighted by molar-refractivity contribution is 6.26. The Morgan fingerprint density at radius 2 is 1.74 bits per heavy atom. The molecule has 8 heteroatoms. The number of benzene rings is 3. The third-order valence-corrected chi connectivity index (χ3v) is 5.03. The molecule has 2 amide bonds. The van der Waals surface area contributed by atoms with E-state index in [9.17, 15) is 19.7 Å². The van der Waals surface area contributed by atoms with Gasteiger partial charge in [-0.2, -0.15) is 10.1 Å². The van der Waals surface area contributed by atoms with Gasteiger partial charge in [0.1, 0.15) is 5.75 Å². The summed E-state index contributed by atoms with van der Waals surface area (Å²) in [7, 11) is 0. The maximum absolute atomic E-state index is 12.9. The van der Waals surface area contributed by atoms with Gasteiger partial charge in [-0.05, 0) is 54.4 Å². The molecule has 0 spiro atoms. The Hall–Kier alpha value is -4.07. The van der Waals surface area contributed by atoms with Gasteiger partial charge < -0.3 is 4.74 Å². The molecule has 0 saturated heterocycles. The summed E-state index contributed by atoms with van der Waals surface area (Å²) in [6.45, 7) is 2.73. The molecule has 0 bridgehead atoms. The maximum Gasteiger partial charge on any atom is 0.282 e. The lowest BCUT2D eigenvalue weighted by Gasteiger charge is -2.22. The Bertz CT molecular complexity index is 1200. The number of non-ortho nitro benzene ring substituents is 1. The summed E-state index contributed by atoms with van der Waals surface area (Å²) < 4.78 is 5.62. The second-order valence-corrected chi connectivity index (χ2v) is 7.06. The highest BCUT2D eigenvalue weighted by Crippen LogP contribution is 2.35. The van der Waals surface area contributed by atoms with Crippen molar-refractivity contribution >= 4 is 34.5 Å². The Labute approximate surface area is 177 Å². The first-order valence-corrected chi connectivity index (χ1v) is 9.87. The van der Waals surface area contributed by atoms with Crippen molar-refractivity contribution < 1.29 is 19.2 Å². The first-order valence-electron chi connectivity index (χ1n) is 9.87. The number of imide groups is 1. The van der Waals surface area contributed by atoms with E-state index >= 15 is 0 Å². The monoisotopic (exact) mass is 417 g/mol. The summed E-state index contributed by atoms with van der Waals surface area (Å²) in [6, 6.07) is 14.4. The second-order valence-electron chi connectivity index (χ2n) is 7.06. The zero-order valence-electron chi connectivity index (χ0n) is 16.8. The van der Waals surface area contributed by atoms with Crippen molar-refractivity contribution in [3.8, 4) is 5.75 Å². The van der Waals surface area contributed by atoms with E-state index in [1.54, 1.807) is 30.3 Å². The standard InChI is InChI=1S/C23H19N3O5/c1-2-3-13-31-16-9-7-15(8-10-16)14-24-25-22(27)18-6-4-5-17-20(26(29)30)12-11-19(21(17)18)23(25)28/h4-12,14H,2-3,13H2,1H3/b24-14-.